The molecule has 5 nitrogen and oxygen atoms in total. The van der Waals surface area contributed by atoms with Crippen molar-refractivity contribution in [1.29, 1.82) is 0 Å². The number of nitrogens with one attached hydrogen (secondary N) is 1. The van der Waals surface area contributed by atoms with Crippen molar-refractivity contribution in [3.8, 4) is 0 Å². The molecule has 0 saturated heterocycles. The van der Waals surface area contributed by atoms with Gasteiger partial charge in [0, 0.05) is 15.7 Å². The van der Waals surface area contributed by atoms with Crippen LogP contribution in [0.3, 0.4) is 0 Å². The maximum absolute atomic E-state index is 14.0. The molecular weight excluding hydrogens is 486 g/mol. The number of nitrogens with zero attached hydrogens (tertiary/aromatic N) is 1. The minimum absolute atomic E-state index is 0.0261. The predicted octanol–water partition coefficient (Wildman–Crippen LogP) is 6.03. The second kappa shape index (κ2) is 11.2. The first-order chi connectivity index (χ1) is 15.8. The number of amides is 1. The first-order valence-corrected chi connectivity index (χ1v) is 11.0. The quantitative estimate of drug-likeness (QED) is 0.328. The first-order valence-electron chi connectivity index (χ1n) is 9.88. The third-order valence-electron chi connectivity index (χ3n) is 4.62. The fraction of sp³-hybridized carbons (Fsp3) is 0.125. The molecule has 0 spiro atoms. The molecule has 0 fully saturated rings. The number of benzene rings is 3. The molecule has 33 heavy (non-hydrogen) atoms. The van der Waals surface area contributed by atoms with Gasteiger partial charge in [0.2, 0.25) is 0 Å². The summed E-state index contributed by atoms with van der Waals surface area (Å²) in [5, 5.41) is 3.48. The minimum atomic E-state index is -0.687. The van der Waals surface area contributed by atoms with Gasteiger partial charge in [0.15, 0.2) is 5.11 Å². The maximum atomic E-state index is 14.0. The molecule has 0 aliphatic rings. The van der Waals surface area contributed by atoms with Gasteiger partial charge in [-0.15, -0.1) is 0 Å². The SMILES string of the molecule is CCOC(=O)c1ccc(N(Cc2ccc(Cl)cc2Cl)C(=S)NC(=O)c2ccccc2F)cc1. The zero-order chi connectivity index (χ0) is 24.0. The van der Waals surface area contributed by atoms with Crippen LogP contribution in [0.1, 0.15) is 33.2 Å². The summed E-state index contributed by atoms with van der Waals surface area (Å²) in [7, 11) is 0. The summed E-state index contributed by atoms with van der Waals surface area (Å²) < 4.78 is 19.1. The molecule has 170 valence electrons. The Morgan fingerprint density at radius 2 is 1.76 bits per heavy atom. The number of ether oxygens (including phenoxy) is 1. The van der Waals surface area contributed by atoms with E-state index < -0.39 is 17.7 Å². The smallest absolute Gasteiger partial charge is 0.338 e. The van der Waals surface area contributed by atoms with E-state index in [0.29, 0.717) is 26.9 Å². The fourth-order valence-electron chi connectivity index (χ4n) is 2.97. The van der Waals surface area contributed by atoms with Crippen molar-refractivity contribution in [2.45, 2.75) is 13.5 Å². The van der Waals surface area contributed by atoms with Crippen LogP contribution >= 0.6 is 35.4 Å². The van der Waals surface area contributed by atoms with Gasteiger partial charge in [0.25, 0.3) is 5.91 Å². The van der Waals surface area contributed by atoms with Crippen molar-refractivity contribution >= 4 is 58.1 Å². The lowest BCUT2D eigenvalue weighted by molar-refractivity contribution is 0.0526. The molecule has 0 radical (unpaired) electrons. The van der Waals surface area contributed by atoms with Gasteiger partial charge in [-0.2, -0.15) is 0 Å². The van der Waals surface area contributed by atoms with Gasteiger partial charge in [-0.1, -0.05) is 41.4 Å². The van der Waals surface area contributed by atoms with Gasteiger partial charge in [-0.3, -0.25) is 10.1 Å². The summed E-state index contributed by atoms with van der Waals surface area (Å²) in [4.78, 5) is 26.2. The lowest BCUT2D eigenvalue weighted by atomic mass is 10.1. The second-order valence-electron chi connectivity index (χ2n) is 6.83. The summed E-state index contributed by atoms with van der Waals surface area (Å²) in [5.41, 5.74) is 1.50. The van der Waals surface area contributed by atoms with Crippen LogP contribution in [0, 0.1) is 5.82 Å². The molecule has 1 amide bonds. The van der Waals surface area contributed by atoms with E-state index in [1.54, 1.807) is 60.4 Å². The normalized spacial score (nSPS) is 10.4. The molecule has 0 aliphatic carbocycles. The van der Waals surface area contributed by atoms with Gasteiger partial charge in [-0.05, 0) is 73.2 Å². The molecule has 0 bridgehead atoms. The van der Waals surface area contributed by atoms with Crippen LogP contribution in [-0.2, 0) is 11.3 Å². The molecule has 1 N–H and O–H groups in total. The van der Waals surface area contributed by atoms with E-state index in [1.807, 2.05) is 0 Å². The molecule has 0 aliphatic heterocycles. The van der Waals surface area contributed by atoms with E-state index in [-0.39, 0.29) is 23.8 Å². The summed E-state index contributed by atoms with van der Waals surface area (Å²) in [6, 6.07) is 17.1. The predicted molar refractivity (Wildman–Crippen MR) is 132 cm³/mol. The number of carbonyl (C=O) groups is 2. The molecule has 3 aromatic rings. The van der Waals surface area contributed by atoms with Crippen molar-refractivity contribution in [3.63, 3.8) is 0 Å². The number of thiocarbonyl (C=S) groups is 1. The number of hydrogen-bond donors (Lipinski definition) is 1. The molecule has 3 rings (SSSR count). The van der Waals surface area contributed by atoms with Crippen molar-refractivity contribution in [3.05, 3.63) is 99.3 Å². The van der Waals surface area contributed by atoms with Crippen LogP contribution in [0.5, 0.6) is 0 Å². The summed E-state index contributed by atoms with van der Waals surface area (Å²) in [6.07, 6.45) is 0. The molecule has 3 aromatic carbocycles. The lowest BCUT2D eigenvalue weighted by Gasteiger charge is -2.26. The zero-order valence-corrected chi connectivity index (χ0v) is 19.8. The van der Waals surface area contributed by atoms with Crippen molar-refractivity contribution in [2.24, 2.45) is 0 Å². The Balaban J connectivity index is 1.91. The number of anilines is 1. The first kappa shape index (κ1) is 24.6. The average molecular weight is 505 g/mol. The van der Waals surface area contributed by atoms with Gasteiger partial charge in [-0.25, -0.2) is 9.18 Å². The van der Waals surface area contributed by atoms with Gasteiger partial charge < -0.3 is 9.64 Å². The van der Waals surface area contributed by atoms with Crippen LogP contribution in [0.25, 0.3) is 0 Å². The Hall–Kier alpha value is -3.00. The fourth-order valence-corrected chi connectivity index (χ4v) is 3.70. The van der Waals surface area contributed by atoms with E-state index in [0.717, 1.165) is 0 Å². The van der Waals surface area contributed by atoms with E-state index in [9.17, 15) is 14.0 Å². The highest BCUT2D eigenvalue weighted by Gasteiger charge is 2.20. The Morgan fingerprint density at radius 3 is 2.39 bits per heavy atom. The number of hydrogen-bond acceptors (Lipinski definition) is 4. The van der Waals surface area contributed by atoms with E-state index in [4.69, 9.17) is 40.2 Å². The highest BCUT2D eigenvalue weighted by Crippen LogP contribution is 2.25. The average Bonchev–Trinajstić information content (AvgIpc) is 2.79. The highest BCUT2D eigenvalue weighted by atomic mass is 35.5. The number of halogens is 3. The maximum Gasteiger partial charge on any atom is 0.338 e. The molecule has 9 heteroatoms. The van der Waals surface area contributed by atoms with Crippen LogP contribution in [0.2, 0.25) is 10.0 Å². The zero-order valence-electron chi connectivity index (χ0n) is 17.5. The second-order valence-corrected chi connectivity index (χ2v) is 8.06. The molecule has 0 aromatic heterocycles. The summed E-state index contributed by atoms with van der Waals surface area (Å²) in [5.74, 6) is -1.80. The molecular formula is C24H19Cl2FN2O3S. The van der Waals surface area contributed by atoms with Crippen LogP contribution in [-0.4, -0.2) is 23.6 Å². The van der Waals surface area contributed by atoms with Crippen molar-refractivity contribution < 1.29 is 18.7 Å². The van der Waals surface area contributed by atoms with E-state index in [2.05, 4.69) is 5.32 Å². The number of rotatable bonds is 6. The Labute approximate surface area is 206 Å². The largest absolute Gasteiger partial charge is 0.462 e. The van der Waals surface area contributed by atoms with Crippen LogP contribution in [0.15, 0.2) is 66.7 Å². The number of esters is 1. The summed E-state index contributed by atoms with van der Waals surface area (Å²) in [6.45, 7) is 2.17. The highest BCUT2D eigenvalue weighted by molar-refractivity contribution is 7.80. The van der Waals surface area contributed by atoms with Crippen LogP contribution < -0.4 is 10.2 Å². The molecule has 0 atom stereocenters. The molecule has 0 unspecified atom stereocenters. The summed E-state index contributed by atoms with van der Waals surface area (Å²) >= 11 is 17.8. The van der Waals surface area contributed by atoms with Crippen LogP contribution in [0.4, 0.5) is 10.1 Å². The van der Waals surface area contributed by atoms with Gasteiger partial charge in [0.05, 0.1) is 24.3 Å². The third kappa shape index (κ3) is 6.28. The minimum Gasteiger partial charge on any atom is -0.462 e. The molecule has 0 heterocycles. The topological polar surface area (TPSA) is 58.6 Å². The van der Waals surface area contributed by atoms with Gasteiger partial charge >= 0.3 is 5.97 Å². The van der Waals surface area contributed by atoms with E-state index >= 15 is 0 Å². The van der Waals surface area contributed by atoms with Gasteiger partial charge in [0.1, 0.15) is 5.82 Å². The standard InChI is InChI=1S/C24H19Cl2FN2O3S/c1-2-32-23(31)15-8-11-18(12-9-15)29(14-16-7-10-17(25)13-20(16)26)24(33)28-22(30)19-5-3-4-6-21(19)27/h3-13H,2,14H2,1H3,(H,28,30,33). The van der Waals surface area contributed by atoms with Crippen molar-refractivity contribution in [1.82, 2.24) is 5.32 Å². The molecule has 0 saturated carbocycles. The lowest BCUT2D eigenvalue weighted by Crippen LogP contribution is -2.42. The number of carbonyl (C=O) groups excluding carboxylic acids is 2. The Kier molecular flexibility index (Phi) is 8.38. The Morgan fingerprint density at radius 1 is 1.06 bits per heavy atom. The van der Waals surface area contributed by atoms with Crippen molar-refractivity contribution in [2.75, 3.05) is 11.5 Å². The Bertz CT molecular complexity index is 1190. The van der Waals surface area contributed by atoms with E-state index in [1.165, 1.54) is 18.2 Å². The third-order valence-corrected chi connectivity index (χ3v) is 5.53. The monoisotopic (exact) mass is 504 g/mol.